The summed E-state index contributed by atoms with van der Waals surface area (Å²) in [5, 5.41) is 18.5. The van der Waals surface area contributed by atoms with E-state index in [4.69, 9.17) is 28.4 Å². The molecule has 0 bridgehead atoms. The number of carbonyl (C=O) groups is 8. The number of likely N-dealkylation sites (tertiary alicyclic amines) is 1. The zero-order valence-corrected chi connectivity index (χ0v) is 55.2. The minimum atomic E-state index is -1.17. The maximum Gasteiger partial charge on any atom is 0.326 e. The molecule has 1 unspecified atom stereocenters. The Morgan fingerprint density at radius 2 is 1.27 bits per heavy atom. The van der Waals surface area contributed by atoms with Crippen LogP contribution in [-0.4, -0.2) is 204 Å². The molecule has 2 heterocycles. The van der Waals surface area contributed by atoms with Crippen LogP contribution in [0, 0.1) is 35.5 Å². The fourth-order valence-corrected chi connectivity index (χ4v) is 11.7. The molecule has 7 amide bonds. The summed E-state index contributed by atoms with van der Waals surface area (Å²) in [5.74, 6) is 1.23. The van der Waals surface area contributed by atoms with Crippen molar-refractivity contribution in [1.82, 2.24) is 30.7 Å². The molecule has 0 saturated carbocycles. The first-order valence-electron chi connectivity index (χ1n) is 31.9. The minimum absolute atomic E-state index is 0.00385. The Morgan fingerprint density at radius 1 is 0.670 bits per heavy atom. The number of benzene rings is 3. The molecule has 500 valence electrons. The molecule has 0 aromatic heterocycles. The van der Waals surface area contributed by atoms with Crippen LogP contribution in [0.3, 0.4) is 0 Å². The Balaban J connectivity index is 0.989. The SMILES string of the molecule is CC[C@H](C)[C@@H]([C@@H](CC(=O)N1CCC[C@H]1[C@H](OC)[C@@H](C)C(=O)N[C@@H](Cc1ccccc1)C(=O)O)OC)N(C)C(=O)C(NC(=O)[C@H](C(C)C)N(C)C(=O)CCOCCOCCOCCOCCNC(=O)CCC(=O)N1Cc2ccccc2C#Cc2ccccc21)C(C)C. The second-order valence-electron chi connectivity index (χ2n) is 24.1. The van der Waals surface area contributed by atoms with Crippen LogP contribution in [0.1, 0.15) is 116 Å². The van der Waals surface area contributed by atoms with E-state index >= 15 is 0 Å². The van der Waals surface area contributed by atoms with E-state index in [1.54, 1.807) is 60.0 Å². The summed E-state index contributed by atoms with van der Waals surface area (Å²) in [5.41, 5.74) is 4.05. The lowest BCUT2D eigenvalue weighted by molar-refractivity contribution is -0.149. The lowest BCUT2D eigenvalue weighted by Crippen LogP contribution is -2.60. The molecule has 1 fully saturated rings. The van der Waals surface area contributed by atoms with Gasteiger partial charge < -0.3 is 69.1 Å². The number of likely N-dealkylation sites (N-methyl/N-ethyl adjacent to an activating group) is 2. The van der Waals surface area contributed by atoms with E-state index in [2.05, 4.69) is 27.8 Å². The van der Waals surface area contributed by atoms with Gasteiger partial charge in [-0.25, -0.2) is 4.79 Å². The number of ether oxygens (including phenoxy) is 6. The number of anilines is 1. The Kier molecular flexibility index (Phi) is 31.6. The maximum absolute atomic E-state index is 14.7. The third-order valence-electron chi connectivity index (χ3n) is 17.0. The Hall–Kier alpha value is -7.26. The van der Waals surface area contributed by atoms with Crippen LogP contribution in [0.15, 0.2) is 78.9 Å². The quantitative estimate of drug-likeness (QED) is 0.0398. The molecule has 22 nitrogen and oxygen atoms in total. The monoisotopic (exact) mass is 1270 g/mol. The first kappa shape index (κ1) is 74.5. The molecule has 0 radical (unpaired) electrons. The number of hydrogen-bond donors (Lipinski definition) is 4. The molecule has 2 aliphatic rings. The smallest absolute Gasteiger partial charge is 0.326 e. The summed E-state index contributed by atoms with van der Waals surface area (Å²) in [7, 11) is 6.19. The van der Waals surface area contributed by atoms with Crippen LogP contribution in [0.5, 0.6) is 0 Å². The van der Waals surface area contributed by atoms with Crippen LogP contribution >= 0.6 is 0 Å². The second kappa shape index (κ2) is 38.6. The van der Waals surface area contributed by atoms with E-state index in [9.17, 15) is 43.5 Å². The predicted octanol–water partition coefficient (Wildman–Crippen LogP) is 5.64. The zero-order chi connectivity index (χ0) is 66.6. The first-order valence-corrected chi connectivity index (χ1v) is 31.9. The summed E-state index contributed by atoms with van der Waals surface area (Å²) in [6.07, 6.45) is 0.430. The topological polar surface area (TPSA) is 261 Å². The van der Waals surface area contributed by atoms with E-state index in [0.717, 1.165) is 27.9 Å². The van der Waals surface area contributed by atoms with Crippen molar-refractivity contribution in [2.75, 3.05) is 99.2 Å². The van der Waals surface area contributed by atoms with Crippen molar-refractivity contribution in [1.29, 1.82) is 0 Å². The molecular formula is C69H99N7O15. The number of carboxylic acid groups (broad SMARTS) is 1. The van der Waals surface area contributed by atoms with E-state index in [-0.39, 0.29) is 112 Å². The zero-order valence-electron chi connectivity index (χ0n) is 55.2. The highest BCUT2D eigenvalue weighted by Crippen LogP contribution is 2.31. The van der Waals surface area contributed by atoms with Crippen molar-refractivity contribution in [2.45, 2.75) is 149 Å². The van der Waals surface area contributed by atoms with E-state index in [1.165, 1.54) is 19.1 Å². The molecule has 0 aliphatic carbocycles. The van der Waals surface area contributed by atoms with Gasteiger partial charge in [0.1, 0.15) is 18.1 Å². The number of carboxylic acids is 1. The number of methoxy groups -OCH3 is 2. The normalized spacial score (nSPS) is 16.3. The maximum atomic E-state index is 14.7. The minimum Gasteiger partial charge on any atom is -0.480 e. The molecule has 0 spiro atoms. The molecule has 4 N–H and O–H groups in total. The number of para-hydroxylation sites is 1. The van der Waals surface area contributed by atoms with E-state index in [1.807, 2.05) is 96.1 Å². The van der Waals surface area contributed by atoms with Crippen molar-refractivity contribution in [3.05, 3.63) is 101 Å². The molecular weight excluding hydrogens is 1170 g/mol. The van der Waals surface area contributed by atoms with Crippen molar-refractivity contribution >= 4 is 53.0 Å². The van der Waals surface area contributed by atoms with Crippen LogP contribution < -0.4 is 20.9 Å². The fraction of sp³-hybridized carbons (Fsp3) is 0.594. The average Bonchev–Trinajstić information content (AvgIpc) is 1.76. The first-order chi connectivity index (χ1) is 43.6. The Labute approximate surface area is 538 Å². The highest BCUT2D eigenvalue weighted by molar-refractivity contribution is 5.97. The molecule has 91 heavy (non-hydrogen) atoms. The molecule has 3 aromatic carbocycles. The van der Waals surface area contributed by atoms with Crippen molar-refractivity contribution in [3.8, 4) is 11.8 Å². The number of nitrogens with zero attached hydrogens (tertiary/aromatic N) is 4. The molecule has 1 saturated heterocycles. The van der Waals surface area contributed by atoms with Crippen molar-refractivity contribution < 1.29 is 71.9 Å². The lowest BCUT2D eigenvalue weighted by Gasteiger charge is -2.41. The molecule has 3 aromatic rings. The third-order valence-corrected chi connectivity index (χ3v) is 17.0. The number of hydrogen-bond acceptors (Lipinski definition) is 14. The number of fused-ring (bicyclic) bond motifs is 2. The summed E-state index contributed by atoms with van der Waals surface area (Å²) < 4.78 is 34.5. The number of rotatable bonds is 39. The average molecular weight is 1270 g/mol. The van der Waals surface area contributed by atoms with Gasteiger partial charge >= 0.3 is 5.97 Å². The summed E-state index contributed by atoms with van der Waals surface area (Å²) in [4.78, 5) is 115. The van der Waals surface area contributed by atoms with Gasteiger partial charge in [-0.3, -0.25) is 33.6 Å². The number of aliphatic carboxylic acids is 1. The molecule has 22 heteroatoms. The number of carbonyl (C=O) groups excluding carboxylic acids is 7. The largest absolute Gasteiger partial charge is 0.480 e. The van der Waals surface area contributed by atoms with Gasteiger partial charge in [-0.2, -0.15) is 0 Å². The van der Waals surface area contributed by atoms with Crippen LogP contribution in [0.4, 0.5) is 5.69 Å². The van der Waals surface area contributed by atoms with Gasteiger partial charge in [0.15, 0.2) is 0 Å². The number of amides is 7. The van der Waals surface area contributed by atoms with Crippen LogP contribution in [0.25, 0.3) is 0 Å². The summed E-state index contributed by atoms with van der Waals surface area (Å²) >= 11 is 0. The molecule has 9 atom stereocenters. The van der Waals surface area contributed by atoms with Gasteiger partial charge in [0.05, 0.1) is 108 Å². The van der Waals surface area contributed by atoms with Gasteiger partial charge in [0.2, 0.25) is 41.4 Å². The van der Waals surface area contributed by atoms with E-state index in [0.29, 0.717) is 58.8 Å². The van der Waals surface area contributed by atoms with Gasteiger partial charge in [0.25, 0.3) is 0 Å². The van der Waals surface area contributed by atoms with Crippen LogP contribution in [-0.2, 0) is 79.7 Å². The van der Waals surface area contributed by atoms with Gasteiger partial charge in [0, 0.05) is 71.8 Å². The van der Waals surface area contributed by atoms with Crippen molar-refractivity contribution in [3.63, 3.8) is 0 Å². The summed E-state index contributed by atoms with van der Waals surface area (Å²) in [6, 6.07) is 20.1. The van der Waals surface area contributed by atoms with Crippen LogP contribution in [0.2, 0.25) is 0 Å². The number of nitrogens with one attached hydrogen (secondary N) is 3. The molecule has 2 aliphatic heterocycles. The highest BCUT2D eigenvalue weighted by Gasteiger charge is 2.44. The van der Waals surface area contributed by atoms with Crippen molar-refractivity contribution in [2.24, 2.45) is 23.7 Å². The Morgan fingerprint density at radius 3 is 1.89 bits per heavy atom. The fourth-order valence-electron chi connectivity index (χ4n) is 11.7. The lowest BCUT2D eigenvalue weighted by atomic mass is 9.89. The third kappa shape index (κ3) is 22.5. The standard InChI is InChI=1S/C69H99N7O15/c1-12-48(6)64(57(86-10)44-61(80)75-34-20-27-56(75)65(87-11)49(7)66(81)71-54(69(84)85)43-50-21-14-13-15-22-50)74(9)68(83)62(46(2)3)72-67(82)63(47(4)5)73(8)59(78)32-35-88-37-39-90-41-42-91-40-38-89-36-33-70-58(77)30-31-60(79)76-45-53-25-17-16-23-51(53)28-29-52-24-18-19-26-55(52)76/h13-19,21-26,46-49,54,56-57,62-65H,12,20,27,30-45H2,1-11H3,(H,70,77)(H,71,81)(H,72,82)(H,84,85)/t48-,49+,54-,56-,57+,62?,63-,64-,65+/m0/s1. The van der Waals surface area contributed by atoms with Gasteiger partial charge in [-0.1, -0.05) is 127 Å². The van der Waals surface area contributed by atoms with E-state index < -0.39 is 66.1 Å². The highest BCUT2D eigenvalue weighted by atomic mass is 16.6. The second-order valence-corrected chi connectivity index (χ2v) is 24.1. The summed E-state index contributed by atoms with van der Waals surface area (Å²) in [6.45, 7) is 16.1. The molecule has 5 rings (SSSR count). The van der Waals surface area contributed by atoms with Gasteiger partial charge in [-0.15, -0.1) is 0 Å². The predicted molar refractivity (Wildman–Crippen MR) is 344 cm³/mol. The Bertz CT molecular complexity index is 2900. The van der Waals surface area contributed by atoms with Gasteiger partial charge in [-0.05, 0) is 59.9 Å².